The molecule has 0 saturated heterocycles. The van der Waals surface area contributed by atoms with Crippen LogP contribution in [0.3, 0.4) is 0 Å². The number of Topliss-reactive ketones (excluding diaryl/α,β-unsaturated/α-hetero) is 1. The van der Waals surface area contributed by atoms with E-state index in [0.717, 1.165) is 21.9 Å². The van der Waals surface area contributed by atoms with E-state index in [9.17, 15) is 18.4 Å². The van der Waals surface area contributed by atoms with Crippen LogP contribution in [0.25, 0.3) is 11.0 Å². The van der Waals surface area contributed by atoms with Crippen molar-refractivity contribution in [3.63, 3.8) is 0 Å². The summed E-state index contributed by atoms with van der Waals surface area (Å²) in [6, 6.07) is 13.4. The number of rotatable bonds is 7. The topological polar surface area (TPSA) is 64.0 Å². The number of hydrogen-bond donors (Lipinski definition) is 1. The highest BCUT2D eigenvalue weighted by atomic mass is 32.2. The zero-order chi connectivity index (χ0) is 20.3. The van der Waals surface area contributed by atoms with Crippen molar-refractivity contribution in [3.05, 3.63) is 59.7 Å². The van der Waals surface area contributed by atoms with Crippen molar-refractivity contribution in [2.75, 3.05) is 5.75 Å². The van der Waals surface area contributed by atoms with Gasteiger partial charge in [0.1, 0.15) is 0 Å². The summed E-state index contributed by atoms with van der Waals surface area (Å²) in [6.07, 6.45) is 0. The van der Waals surface area contributed by atoms with E-state index in [2.05, 4.69) is 10.3 Å². The fraction of sp³-hybridized carbons (Fsp3) is 0.250. The maximum atomic E-state index is 13.4. The molecule has 1 heterocycles. The van der Waals surface area contributed by atoms with E-state index in [4.69, 9.17) is 0 Å². The minimum absolute atomic E-state index is 0.00334. The fourth-order valence-electron chi connectivity index (χ4n) is 2.87. The minimum Gasteiger partial charge on any atom is -0.350 e. The summed E-state index contributed by atoms with van der Waals surface area (Å²) >= 11 is 0.988. The second-order valence-electron chi connectivity index (χ2n) is 6.29. The molecular formula is C20H19F2N3O2S. The Bertz CT molecular complexity index is 1000. The molecule has 0 radical (unpaired) electrons. The predicted octanol–water partition coefficient (Wildman–Crippen LogP) is 4.60. The average molecular weight is 403 g/mol. The summed E-state index contributed by atoms with van der Waals surface area (Å²) in [5.74, 6) is -0.320. The number of nitrogens with zero attached hydrogens (tertiary/aromatic N) is 2. The first-order valence-corrected chi connectivity index (χ1v) is 9.63. The van der Waals surface area contributed by atoms with Crippen LogP contribution in [-0.2, 0) is 4.79 Å². The second kappa shape index (κ2) is 8.52. The summed E-state index contributed by atoms with van der Waals surface area (Å²) < 4.78 is 27.7. The van der Waals surface area contributed by atoms with Crippen LogP contribution in [0.15, 0.2) is 53.7 Å². The number of ketones is 1. The van der Waals surface area contributed by atoms with Gasteiger partial charge in [0.25, 0.3) is 0 Å². The second-order valence-corrected chi connectivity index (χ2v) is 7.23. The summed E-state index contributed by atoms with van der Waals surface area (Å²) in [5.41, 5.74) is 2.16. The third-order valence-corrected chi connectivity index (χ3v) is 5.20. The van der Waals surface area contributed by atoms with E-state index < -0.39 is 6.55 Å². The Labute approximate surface area is 165 Å². The van der Waals surface area contributed by atoms with Gasteiger partial charge in [-0.05, 0) is 24.6 Å². The van der Waals surface area contributed by atoms with Crippen LogP contribution < -0.4 is 5.32 Å². The van der Waals surface area contributed by atoms with E-state index in [1.54, 1.807) is 48.5 Å². The predicted molar refractivity (Wildman–Crippen MR) is 105 cm³/mol. The van der Waals surface area contributed by atoms with Gasteiger partial charge in [-0.2, -0.15) is 8.78 Å². The lowest BCUT2D eigenvalue weighted by atomic mass is 10.0. The zero-order valence-corrected chi connectivity index (χ0v) is 16.2. The molecule has 1 atom stereocenters. The molecule has 1 N–H and O–H groups in total. The first-order chi connectivity index (χ1) is 13.4. The number of para-hydroxylation sites is 2. The number of alkyl halides is 2. The molecule has 2 aromatic carbocycles. The Hall–Kier alpha value is -2.74. The quantitative estimate of drug-likeness (QED) is 0.462. The molecule has 8 heteroatoms. The monoisotopic (exact) mass is 403 g/mol. The average Bonchev–Trinajstić information content (AvgIpc) is 3.04. The maximum Gasteiger partial charge on any atom is 0.321 e. The SMILES string of the molecule is CC(=O)NC(C)c1ccc(C(=O)CSc2nc3ccccc3n2C(F)F)cc1. The van der Waals surface area contributed by atoms with Crippen LogP contribution >= 0.6 is 11.8 Å². The fourth-order valence-corrected chi connectivity index (χ4v) is 3.78. The molecule has 28 heavy (non-hydrogen) atoms. The van der Waals surface area contributed by atoms with Gasteiger partial charge < -0.3 is 5.32 Å². The smallest absolute Gasteiger partial charge is 0.321 e. The van der Waals surface area contributed by atoms with Gasteiger partial charge in [-0.25, -0.2) is 4.98 Å². The van der Waals surface area contributed by atoms with Crippen molar-refractivity contribution in [2.24, 2.45) is 0 Å². The van der Waals surface area contributed by atoms with Crippen LogP contribution in [0.2, 0.25) is 0 Å². The molecule has 0 aliphatic heterocycles. The largest absolute Gasteiger partial charge is 0.350 e. The molecule has 0 aliphatic rings. The van der Waals surface area contributed by atoms with Crippen LogP contribution in [0.1, 0.15) is 42.4 Å². The number of imidazole rings is 1. The van der Waals surface area contributed by atoms with Gasteiger partial charge in [-0.15, -0.1) is 0 Å². The van der Waals surface area contributed by atoms with Crippen molar-refractivity contribution in [2.45, 2.75) is 31.6 Å². The highest BCUT2D eigenvalue weighted by Crippen LogP contribution is 2.29. The summed E-state index contributed by atoms with van der Waals surface area (Å²) in [6.45, 7) is 0.556. The Morgan fingerprint density at radius 2 is 1.82 bits per heavy atom. The van der Waals surface area contributed by atoms with Crippen molar-refractivity contribution in [1.82, 2.24) is 14.9 Å². The Morgan fingerprint density at radius 1 is 1.14 bits per heavy atom. The van der Waals surface area contributed by atoms with E-state index in [0.29, 0.717) is 16.6 Å². The number of hydrogen-bond acceptors (Lipinski definition) is 4. The third kappa shape index (κ3) is 4.39. The highest BCUT2D eigenvalue weighted by Gasteiger charge is 2.19. The summed E-state index contributed by atoms with van der Waals surface area (Å²) in [5, 5.41) is 2.89. The Morgan fingerprint density at radius 3 is 2.46 bits per heavy atom. The van der Waals surface area contributed by atoms with E-state index in [1.807, 2.05) is 6.92 Å². The number of halogens is 2. The van der Waals surface area contributed by atoms with Gasteiger partial charge in [0.2, 0.25) is 5.91 Å². The zero-order valence-electron chi connectivity index (χ0n) is 15.4. The van der Waals surface area contributed by atoms with Gasteiger partial charge >= 0.3 is 6.55 Å². The van der Waals surface area contributed by atoms with E-state index in [1.165, 1.54) is 6.92 Å². The van der Waals surface area contributed by atoms with Crippen molar-refractivity contribution in [1.29, 1.82) is 0 Å². The number of aromatic nitrogens is 2. The molecule has 0 fully saturated rings. The minimum atomic E-state index is -2.74. The van der Waals surface area contributed by atoms with Gasteiger partial charge in [-0.3, -0.25) is 14.2 Å². The number of carbonyl (C=O) groups is 2. The molecule has 0 aliphatic carbocycles. The molecule has 1 aromatic heterocycles. The van der Waals surface area contributed by atoms with Crippen LogP contribution in [-0.4, -0.2) is 27.0 Å². The normalized spacial score (nSPS) is 12.3. The van der Waals surface area contributed by atoms with Gasteiger partial charge in [-0.1, -0.05) is 48.2 Å². The van der Waals surface area contributed by atoms with Crippen molar-refractivity contribution in [3.8, 4) is 0 Å². The molecule has 0 spiro atoms. The lowest BCUT2D eigenvalue weighted by Gasteiger charge is -2.13. The molecule has 0 bridgehead atoms. The number of fused-ring (bicyclic) bond motifs is 1. The molecule has 5 nitrogen and oxygen atoms in total. The standard InChI is InChI=1S/C20H19F2N3O2S/c1-12(23-13(2)26)14-7-9-15(10-8-14)18(27)11-28-20-24-16-5-3-4-6-17(16)25(20)19(21)22/h3-10,12,19H,11H2,1-2H3,(H,23,26). The van der Waals surface area contributed by atoms with Crippen molar-refractivity contribution >= 4 is 34.5 Å². The van der Waals surface area contributed by atoms with E-state index >= 15 is 0 Å². The lowest BCUT2D eigenvalue weighted by Crippen LogP contribution is -2.23. The number of amides is 1. The number of nitrogens with one attached hydrogen (secondary N) is 1. The highest BCUT2D eigenvalue weighted by molar-refractivity contribution is 7.99. The van der Waals surface area contributed by atoms with Crippen LogP contribution in [0.5, 0.6) is 0 Å². The van der Waals surface area contributed by atoms with Crippen LogP contribution in [0, 0.1) is 0 Å². The molecule has 146 valence electrons. The molecule has 1 amide bonds. The maximum absolute atomic E-state index is 13.4. The Balaban J connectivity index is 1.71. The third-order valence-electron chi connectivity index (χ3n) is 4.24. The Kier molecular flexibility index (Phi) is 6.08. The summed E-state index contributed by atoms with van der Waals surface area (Å²) in [4.78, 5) is 27.8. The molecule has 3 aromatic rings. The van der Waals surface area contributed by atoms with E-state index in [-0.39, 0.29) is 28.6 Å². The molecule has 3 rings (SSSR count). The van der Waals surface area contributed by atoms with Gasteiger partial charge in [0.15, 0.2) is 10.9 Å². The molecular weight excluding hydrogens is 384 g/mol. The lowest BCUT2D eigenvalue weighted by molar-refractivity contribution is -0.119. The number of carbonyl (C=O) groups excluding carboxylic acids is 2. The van der Waals surface area contributed by atoms with Gasteiger partial charge in [0.05, 0.1) is 22.8 Å². The first-order valence-electron chi connectivity index (χ1n) is 8.65. The number of thioether (sulfide) groups is 1. The number of benzene rings is 2. The molecule has 0 saturated carbocycles. The van der Waals surface area contributed by atoms with Gasteiger partial charge in [0, 0.05) is 12.5 Å². The van der Waals surface area contributed by atoms with Crippen molar-refractivity contribution < 1.29 is 18.4 Å². The summed E-state index contributed by atoms with van der Waals surface area (Å²) in [7, 11) is 0. The molecule has 1 unspecified atom stereocenters. The van der Waals surface area contributed by atoms with Crippen LogP contribution in [0.4, 0.5) is 8.78 Å². The first kappa shape index (κ1) is 20.0.